The molecule has 0 radical (unpaired) electrons. The number of amides is 1. The van der Waals surface area contributed by atoms with E-state index in [0.717, 1.165) is 11.1 Å². The third-order valence-corrected chi connectivity index (χ3v) is 8.07. The van der Waals surface area contributed by atoms with Crippen LogP contribution in [-0.2, 0) is 24.3 Å². The molecule has 9 heteroatoms. The van der Waals surface area contributed by atoms with Crippen LogP contribution in [0.3, 0.4) is 0 Å². The number of nitrogens with zero attached hydrogens (tertiary/aromatic N) is 1. The molecule has 172 valence electrons. The number of hydrogen-bond donors (Lipinski definition) is 1. The van der Waals surface area contributed by atoms with Crippen LogP contribution < -0.4 is 14.4 Å². The number of carbonyl (C=O) groups is 2. The van der Waals surface area contributed by atoms with Gasteiger partial charge in [-0.2, -0.15) is 0 Å². The molecular formula is C23H28N2O6S. The largest absolute Gasteiger partial charge is 0.482 e. The SMILES string of the molecule is CCOC(=O)COc1ccc(NC(=O)[C@]2(C)CCN(c3c(C)cccc3C)S2(=O)=O)cc1. The highest BCUT2D eigenvalue weighted by Gasteiger charge is 2.55. The second-order valence-corrected chi connectivity index (χ2v) is 10.2. The lowest BCUT2D eigenvalue weighted by atomic mass is 10.1. The van der Waals surface area contributed by atoms with Gasteiger partial charge >= 0.3 is 5.97 Å². The molecule has 1 N–H and O–H groups in total. The van der Waals surface area contributed by atoms with Crippen molar-refractivity contribution in [1.82, 2.24) is 0 Å². The van der Waals surface area contributed by atoms with E-state index in [9.17, 15) is 18.0 Å². The Bertz CT molecular complexity index is 1090. The van der Waals surface area contributed by atoms with Crippen molar-refractivity contribution in [3.05, 3.63) is 53.6 Å². The first-order valence-corrected chi connectivity index (χ1v) is 11.8. The molecule has 3 rings (SSSR count). The number of aryl methyl sites for hydroxylation is 2. The molecule has 0 aromatic heterocycles. The molecule has 1 aliphatic heterocycles. The zero-order chi connectivity index (χ0) is 23.5. The lowest BCUT2D eigenvalue weighted by Crippen LogP contribution is -2.47. The maximum atomic E-state index is 13.4. The van der Waals surface area contributed by atoms with Crippen molar-refractivity contribution >= 4 is 33.3 Å². The highest BCUT2D eigenvalue weighted by atomic mass is 32.2. The number of sulfonamides is 1. The Kier molecular flexibility index (Phi) is 6.78. The van der Waals surface area contributed by atoms with Gasteiger partial charge in [0, 0.05) is 12.2 Å². The summed E-state index contributed by atoms with van der Waals surface area (Å²) < 4.78 is 36.7. The molecule has 0 saturated carbocycles. The van der Waals surface area contributed by atoms with Crippen molar-refractivity contribution in [3.8, 4) is 5.75 Å². The van der Waals surface area contributed by atoms with Crippen LogP contribution in [0.15, 0.2) is 42.5 Å². The number of carbonyl (C=O) groups excluding carboxylic acids is 2. The van der Waals surface area contributed by atoms with Gasteiger partial charge in [-0.1, -0.05) is 18.2 Å². The zero-order valence-corrected chi connectivity index (χ0v) is 19.5. The zero-order valence-electron chi connectivity index (χ0n) is 18.7. The minimum Gasteiger partial charge on any atom is -0.482 e. The second-order valence-electron chi connectivity index (χ2n) is 7.87. The van der Waals surface area contributed by atoms with Gasteiger partial charge in [-0.05, 0) is 69.5 Å². The fourth-order valence-corrected chi connectivity index (χ4v) is 5.69. The van der Waals surface area contributed by atoms with Gasteiger partial charge in [-0.3, -0.25) is 9.10 Å². The summed E-state index contributed by atoms with van der Waals surface area (Å²) >= 11 is 0. The molecule has 1 atom stereocenters. The lowest BCUT2D eigenvalue weighted by molar-refractivity contribution is -0.145. The van der Waals surface area contributed by atoms with Crippen molar-refractivity contribution in [2.45, 2.75) is 38.9 Å². The predicted octanol–water partition coefficient (Wildman–Crippen LogP) is 3.18. The molecule has 1 aliphatic rings. The van der Waals surface area contributed by atoms with E-state index in [4.69, 9.17) is 9.47 Å². The van der Waals surface area contributed by atoms with E-state index in [-0.39, 0.29) is 26.2 Å². The smallest absolute Gasteiger partial charge is 0.344 e. The fourth-order valence-electron chi connectivity index (χ4n) is 3.71. The van der Waals surface area contributed by atoms with E-state index in [0.29, 0.717) is 17.1 Å². The van der Waals surface area contributed by atoms with E-state index in [1.165, 1.54) is 11.2 Å². The molecule has 8 nitrogen and oxygen atoms in total. The molecule has 2 aromatic carbocycles. The number of rotatable bonds is 7. The maximum Gasteiger partial charge on any atom is 0.344 e. The first-order chi connectivity index (χ1) is 15.1. The van der Waals surface area contributed by atoms with Gasteiger partial charge in [-0.25, -0.2) is 13.2 Å². The summed E-state index contributed by atoms with van der Waals surface area (Å²) in [5, 5.41) is 2.70. The number of benzene rings is 2. The van der Waals surface area contributed by atoms with Crippen LogP contribution in [0.5, 0.6) is 5.75 Å². The first-order valence-electron chi connectivity index (χ1n) is 10.4. The molecule has 0 bridgehead atoms. The van der Waals surface area contributed by atoms with Crippen molar-refractivity contribution in [1.29, 1.82) is 0 Å². The van der Waals surface area contributed by atoms with E-state index in [2.05, 4.69) is 5.32 Å². The fraction of sp³-hybridized carbons (Fsp3) is 0.391. The van der Waals surface area contributed by atoms with Crippen LogP contribution >= 0.6 is 0 Å². The molecule has 0 spiro atoms. The number of esters is 1. The Morgan fingerprint density at radius 1 is 1.09 bits per heavy atom. The summed E-state index contributed by atoms with van der Waals surface area (Å²) in [5.41, 5.74) is 2.75. The third-order valence-electron chi connectivity index (χ3n) is 5.59. The molecule has 1 fully saturated rings. The van der Waals surface area contributed by atoms with Gasteiger partial charge in [0.05, 0.1) is 12.3 Å². The van der Waals surface area contributed by atoms with Crippen LogP contribution in [0, 0.1) is 13.8 Å². The quantitative estimate of drug-likeness (QED) is 0.637. The first kappa shape index (κ1) is 23.6. The predicted molar refractivity (Wildman–Crippen MR) is 122 cm³/mol. The van der Waals surface area contributed by atoms with Crippen LogP contribution in [-0.4, -0.2) is 44.8 Å². The van der Waals surface area contributed by atoms with Crippen molar-refractivity contribution in [3.63, 3.8) is 0 Å². The summed E-state index contributed by atoms with van der Waals surface area (Å²) in [5.74, 6) is -0.638. The highest BCUT2D eigenvalue weighted by molar-refractivity contribution is 7.95. The normalized spacial score (nSPS) is 19.4. The van der Waals surface area contributed by atoms with Crippen molar-refractivity contribution in [2.24, 2.45) is 0 Å². The Labute approximate surface area is 188 Å². The number of hydrogen-bond acceptors (Lipinski definition) is 6. The summed E-state index contributed by atoms with van der Waals surface area (Å²) in [7, 11) is -3.93. The third kappa shape index (κ3) is 4.43. The van der Waals surface area contributed by atoms with Crippen LogP contribution in [0.2, 0.25) is 0 Å². The summed E-state index contributed by atoms with van der Waals surface area (Å²) in [6, 6.07) is 12.0. The van der Waals surface area contributed by atoms with E-state index >= 15 is 0 Å². The number of nitrogens with one attached hydrogen (secondary N) is 1. The number of ether oxygens (including phenoxy) is 2. The van der Waals surface area contributed by atoms with E-state index in [1.54, 1.807) is 31.2 Å². The van der Waals surface area contributed by atoms with Crippen LogP contribution in [0.4, 0.5) is 11.4 Å². The minimum absolute atomic E-state index is 0.176. The Hall–Kier alpha value is -3.07. The molecular weight excluding hydrogens is 432 g/mol. The molecule has 2 aromatic rings. The van der Waals surface area contributed by atoms with Crippen LogP contribution in [0.25, 0.3) is 0 Å². The lowest BCUT2D eigenvalue weighted by Gasteiger charge is -2.27. The van der Waals surface area contributed by atoms with Gasteiger partial charge in [0.2, 0.25) is 15.9 Å². The monoisotopic (exact) mass is 460 g/mol. The Morgan fingerprint density at radius 3 is 2.31 bits per heavy atom. The van der Waals surface area contributed by atoms with E-state index in [1.807, 2.05) is 32.0 Å². The molecule has 0 aliphatic carbocycles. The van der Waals surface area contributed by atoms with Gasteiger partial charge in [-0.15, -0.1) is 0 Å². The van der Waals surface area contributed by atoms with Crippen molar-refractivity contribution in [2.75, 3.05) is 29.4 Å². The van der Waals surface area contributed by atoms with Gasteiger partial charge in [0.15, 0.2) is 11.4 Å². The van der Waals surface area contributed by atoms with Crippen LogP contribution in [0.1, 0.15) is 31.4 Å². The maximum absolute atomic E-state index is 13.4. The molecule has 1 heterocycles. The highest BCUT2D eigenvalue weighted by Crippen LogP contribution is 2.40. The summed E-state index contributed by atoms with van der Waals surface area (Å²) in [6.07, 6.45) is 0.176. The van der Waals surface area contributed by atoms with Gasteiger partial charge in [0.25, 0.3) is 0 Å². The average molecular weight is 461 g/mol. The molecule has 32 heavy (non-hydrogen) atoms. The van der Waals surface area contributed by atoms with Crippen molar-refractivity contribution < 1.29 is 27.5 Å². The standard InChI is InChI=1S/C23H28N2O6S/c1-5-30-20(26)15-31-19-11-9-18(10-12-19)24-22(27)23(4)13-14-25(32(23,28)29)21-16(2)7-6-8-17(21)3/h6-12H,5,13-15H2,1-4H3,(H,24,27)/t23-/m0/s1. The molecule has 1 amide bonds. The summed E-state index contributed by atoms with van der Waals surface area (Å²) in [4.78, 5) is 24.4. The summed E-state index contributed by atoms with van der Waals surface area (Å²) in [6.45, 7) is 7.18. The molecule has 1 saturated heterocycles. The van der Waals surface area contributed by atoms with Gasteiger partial charge < -0.3 is 14.8 Å². The van der Waals surface area contributed by atoms with Gasteiger partial charge in [0.1, 0.15) is 5.75 Å². The minimum atomic E-state index is -3.93. The number of para-hydroxylation sites is 1. The second kappa shape index (κ2) is 9.20. The Balaban J connectivity index is 1.73. The number of anilines is 2. The topological polar surface area (TPSA) is 102 Å². The average Bonchev–Trinajstić information content (AvgIpc) is 2.98. The Morgan fingerprint density at radius 2 is 1.72 bits per heavy atom. The molecule has 0 unspecified atom stereocenters. The van der Waals surface area contributed by atoms with E-state index < -0.39 is 26.6 Å².